The minimum Gasteiger partial charge on any atom is -0.447 e. The minimum absolute atomic E-state index is 0.200. The first kappa shape index (κ1) is 14.7. The predicted octanol–water partition coefficient (Wildman–Crippen LogP) is 1.42. The third-order valence-corrected chi connectivity index (χ3v) is 4.29. The molecule has 2 amide bonds. The maximum absolute atomic E-state index is 13.7. The number of pyridine rings is 1. The van der Waals surface area contributed by atoms with Crippen molar-refractivity contribution in [3.8, 4) is 0 Å². The largest absolute Gasteiger partial charge is 0.447 e. The summed E-state index contributed by atoms with van der Waals surface area (Å²) in [6.07, 6.45) is 1.03. The molecule has 0 aromatic carbocycles. The standard InChI is InChI=1S/C14H15F2N3O3/c1-2-14-7-18(3-4-19(14)13(21)22-8-14)12(20)11-10(16)5-9(15)6-17-11/h5-6H,2-4,7-8H2,1H3. The molecule has 8 heteroatoms. The van der Waals surface area contributed by atoms with Crippen molar-refractivity contribution < 1.29 is 23.1 Å². The van der Waals surface area contributed by atoms with Crippen molar-refractivity contribution >= 4 is 12.0 Å². The fourth-order valence-corrected chi connectivity index (χ4v) is 2.96. The van der Waals surface area contributed by atoms with Crippen LogP contribution in [0, 0.1) is 11.6 Å². The minimum atomic E-state index is -0.989. The molecule has 0 saturated carbocycles. The summed E-state index contributed by atoms with van der Waals surface area (Å²) < 4.78 is 31.7. The van der Waals surface area contributed by atoms with Gasteiger partial charge in [0.15, 0.2) is 11.5 Å². The van der Waals surface area contributed by atoms with E-state index in [4.69, 9.17) is 4.74 Å². The van der Waals surface area contributed by atoms with Gasteiger partial charge < -0.3 is 9.64 Å². The second kappa shape index (κ2) is 5.19. The smallest absolute Gasteiger partial charge is 0.410 e. The van der Waals surface area contributed by atoms with Crippen LogP contribution >= 0.6 is 0 Å². The topological polar surface area (TPSA) is 62.7 Å². The van der Waals surface area contributed by atoms with Gasteiger partial charge in [-0.3, -0.25) is 9.69 Å². The Morgan fingerprint density at radius 1 is 1.45 bits per heavy atom. The highest BCUT2D eigenvalue weighted by Gasteiger charge is 2.50. The molecule has 6 nitrogen and oxygen atoms in total. The van der Waals surface area contributed by atoms with Crippen LogP contribution < -0.4 is 0 Å². The number of fused-ring (bicyclic) bond motifs is 1. The van der Waals surface area contributed by atoms with Crippen LogP contribution in [-0.2, 0) is 4.74 Å². The Morgan fingerprint density at radius 2 is 2.23 bits per heavy atom. The summed E-state index contributed by atoms with van der Waals surface area (Å²) in [5.41, 5.74) is -0.993. The highest BCUT2D eigenvalue weighted by atomic mass is 19.1. The van der Waals surface area contributed by atoms with Crippen molar-refractivity contribution in [2.75, 3.05) is 26.2 Å². The number of halogens is 2. The van der Waals surface area contributed by atoms with Crippen molar-refractivity contribution in [1.82, 2.24) is 14.8 Å². The molecule has 0 bridgehead atoms. The Hall–Kier alpha value is -2.25. The summed E-state index contributed by atoms with van der Waals surface area (Å²) >= 11 is 0. The molecule has 2 saturated heterocycles. The van der Waals surface area contributed by atoms with Crippen LogP contribution in [0.4, 0.5) is 13.6 Å². The first-order chi connectivity index (χ1) is 10.5. The van der Waals surface area contributed by atoms with Crippen LogP contribution in [0.15, 0.2) is 12.3 Å². The van der Waals surface area contributed by atoms with E-state index in [1.807, 2.05) is 6.92 Å². The van der Waals surface area contributed by atoms with E-state index in [0.717, 1.165) is 6.20 Å². The molecule has 22 heavy (non-hydrogen) atoms. The van der Waals surface area contributed by atoms with Crippen LogP contribution in [0.1, 0.15) is 23.8 Å². The molecule has 1 unspecified atom stereocenters. The molecule has 1 aromatic rings. The van der Waals surface area contributed by atoms with Gasteiger partial charge in [0.2, 0.25) is 0 Å². The highest BCUT2D eigenvalue weighted by Crippen LogP contribution is 2.32. The Balaban J connectivity index is 1.84. The molecule has 2 fully saturated rings. The lowest BCUT2D eigenvalue weighted by Gasteiger charge is -2.44. The molecule has 0 N–H and O–H groups in total. The number of carbonyl (C=O) groups excluding carboxylic acids is 2. The molecule has 2 aliphatic rings. The summed E-state index contributed by atoms with van der Waals surface area (Å²) in [7, 11) is 0. The van der Waals surface area contributed by atoms with E-state index in [9.17, 15) is 18.4 Å². The molecular weight excluding hydrogens is 296 g/mol. The molecule has 0 spiro atoms. The van der Waals surface area contributed by atoms with E-state index in [0.29, 0.717) is 19.0 Å². The second-order valence-corrected chi connectivity index (χ2v) is 5.49. The average Bonchev–Trinajstić information content (AvgIpc) is 2.84. The summed E-state index contributed by atoms with van der Waals surface area (Å²) in [6.45, 7) is 2.92. The first-order valence-corrected chi connectivity index (χ1v) is 7.01. The van der Waals surface area contributed by atoms with Crippen molar-refractivity contribution in [2.45, 2.75) is 18.9 Å². The Labute approximate surface area is 125 Å². The molecule has 3 heterocycles. The SMILES string of the molecule is CCC12COC(=O)N1CCN(C(=O)c1ncc(F)cc1F)C2. The average molecular weight is 311 g/mol. The van der Waals surface area contributed by atoms with E-state index in [1.165, 1.54) is 4.90 Å². The zero-order chi connectivity index (χ0) is 15.9. The Morgan fingerprint density at radius 3 is 2.91 bits per heavy atom. The molecule has 1 aromatic heterocycles. The molecule has 1 atom stereocenters. The number of ether oxygens (including phenoxy) is 1. The maximum atomic E-state index is 13.7. The summed E-state index contributed by atoms with van der Waals surface area (Å²) in [6, 6.07) is 0.633. The number of rotatable bonds is 2. The van der Waals surface area contributed by atoms with E-state index in [1.54, 1.807) is 4.90 Å². The summed E-state index contributed by atoms with van der Waals surface area (Å²) in [5.74, 6) is -2.43. The number of cyclic esters (lactones) is 1. The lowest BCUT2D eigenvalue weighted by molar-refractivity contribution is 0.0353. The number of aromatic nitrogens is 1. The number of hydrogen-bond acceptors (Lipinski definition) is 4. The van der Waals surface area contributed by atoms with Crippen LogP contribution in [0.2, 0.25) is 0 Å². The number of piperazine rings is 1. The third kappa shape index (κ3) is 2.18. The van der Waals surface area contributed by atoms with Gasteiger partial charge in [-0.15, -0.1) is 0 Å². The number of carbonyl (C=O) groups is 2. The highest BCUT2D eigenvalue weighted by molar-refractivity contribution is 5.93. The van der Waals surface area contributed by atoms with Crippen LogP contribution in [0.5, 0.6) is 0 Å². The second-order valence-electron chi connectivity index (χ2n) is 5.49. The predicted molar refractivity (Wildman–Crippen MR) is 71.1 cm³/mol. The van der Waals surface area contributed by atoms with Gasteiger partial charge in [-0.05, 0) is 6.42 Å². The van der Waals surface area contributed by atoms with Crippen molar-refractivity contribution in [1.29, 1.82) is 0 Å². The van der Waals surface area contributed by atoms with Gasteiger partial charge in [0.1, 0.15) is 12.4 Å². The molecular formula is C14H15F2N3O3. The van der Waals surface area contributed by atoms with Gasteiger partial charge in [-0.2, -0.15) is 0 Å². The number of amides is 2. The van der Waals surface area contributed by atoms with Crippen LogP contribution in [0.3, 0.4) is 0 Å². The van der Waals surface area contributed by atoms with Gasteiger partial charge in [0, 0.05) is 25.7 Å². The lowest BCUT2D eigenvalue weighted by Crippen LogP contribution is -2.62. The Bertz CT molecular complexity index is 640. The molecule has 0 aliphatic carbocycles. The first-order valence-electron chi connectivity index (χ1n) is 7.01. The van der Waals surface area contributed by atoms with E-state index < -0.39 is 28.8 Å². The van der Waals surface area contributed by atoms with Gasteiger partial charge in [0.25, 0.3) is 5.91 Å². The van der Waals surface area contributed by atoms with Gasteiger partial charge in [-0.1, -0.05) is 6.92 Å². The fraction of sp³-hybridized carbons (Fsp3) is 0.500. The molecule has 118 valence electrons. The van der Waals surface area contributed by atoms with Gasteiger partial charge >= 0.3 is 6.09 Å². The van der Waals surface area contributed by atoms with Crippen LogP contribution in [-0.4, -0.2) is 58.6 Å². The molecule has 0 radical (unpaired) electrons. The van der Waals surface area contributed by atoms with E-state index in [2.05, 4.69) is 4.98 Å². The lowest BCUT2D eigenvalue weighted by atomic mass is 9.92. The zero-order valence-corrected chi connectivity index (χ0v) is 12.0. The van der Waals surface area contributed by atoms with Crippen LogP contribution in [0.25, 0.3) is 0 Å². The van der Waals surface area contributed by atoms with Gasteiger partial charge in [-0.25, -0.2) is 18.6 Å². The summed E-state index contributed by atoms with van der Waals surface area (Å²) in [4.78, 5) is 30.7. The summed E-state index contributed by atoms with van der Waals surface area (Å²) in [5, 5.41) is 0. The van der Waals surface area contributed by atoms with Crippen molar-refractivity contribution in [3.63, 3.8) is 0 Å². The quantitative estimate of drug-likeness (QED) is 0.828. The number of hydrogen-bond donors (Lipinski definition) is 0. The third-order valence-electron chi connectivity index (χ3n) is 4.29. The van der Waals surface area contributed by atoms with Gasteiger partial charge in [0.05, 0.1) is 11.7 Å². The Kier molecular flexibility index (Phi) is 3.46. The zero-order valence-electron chi connectivity index (χ0n) is 12.0. The normalized spacial score (nSPS) is 24.2. The van der Waals surface area contributed by atoms with Crippen molar-refractivity contribution in [3.05, 3.63) is 29.6 Å². The van der Waals surface area contributed by atoms with E-state index in [-0.39, 0.29) is 25.8 Å². The van der Waals surface area contributed by atoms with Crippen molar-refractivity contribution in [2.24, 2.45) is 0 Å². The fourth-order valence-electron chi connectivity index (χ4n) is 2.96. The number of nitrogens with zero attached hydrogens (tertiary/aromatic N) is 3. The van der Waals surface area contributed by atoms with E-state index >= 15 is 0 Å². The monoisotopic (exact) mass is 311 g/mol. The molecule has 2 aliphatic heterocycles. The molecule has 3 rings (SSSR count). The maximum Gasteiger partial charge on any atom is 0.410 e.